The molecule has 6 heteroatoms. The van der Waals surface area contributed by atoms with Gasteiger partial charge in [0.2, 0.25) is 0 Å². The fourth-order valence-electron chi connectivity index (χ4n) is 2.13. The van der Waals surface area contributed by atoms with Crippen molar-refractivity contribution < 1.29 is 18.7 Å². The van der Waals surface area contributed by atoms with Gasteiger partial charge in [-0.25, -0.2) is 8.78 Å². The van der Waals surface area contributed by atoms with Crippen LogP contribution in [0, 0.1) is 17.6 Å². The molecule has 0 radical (unpaired) electrons. The SMILES string of the molecule is CC1CCN(C(=O)c2cc(N)c(F)cc2F)CC1O. The lowest BCUT2D eigenvalue weighted by atomic mass is 9.95. The summed E-state index contributed by atoms with van der Waals surface area (Å²) < 4.78 is 26.7. The number of nitrogens with zero attached hydrogens (tertiary/aromatic N) is 1. The average molecular weight is 270 g/mol. The summed E-state index contributed by atoms with van der Waals surface area (Å²) in [6, 6.07) is 1.60. The Morgan fingerprint density at radius 3 is 2.74 bits per heavy atom. The molecule has 1 aliphatic heterocycles. The van der Waals surface area contributed by atoms with Gasteiger partial charge in [0, 0.05) is 19.2 Å². The van der Waals surface area contributed by atoms with Gasteiger partial charge >= 0.3 is 0 Å². The topological polar surface area (TPSA) is 66.6 Å². The third-order valence-electron chi connectivity index (χ3n) is 3.52. The molecule has 0 aliphatic carbocycles. The number of carbonyl (C=O) groups excluding carboxylic acids is 1. The van der Waals surface area contributed by atoms with Gasteiger partial charge in [-0.1, -0.05) is 6.92 Å². The van der Waals surface area contributed by atoms with Crippen LogP contribution in [0.4, 0.5) is 14.5 Å². The molecule has 1 aromatic rings. The van der Waals surface area contributed by atoms with Crippen molar-refractivity contribution in [2.45, 2.75) is 19.4 Å². The van der Waals surface area contributed by atoms with Gasteiger partial charge in [-0.15, -0.1) is 0 Å². The quantitative estimate of drug-likeness (QED) is 0.758. The molecule has 1 heterocycles. The fourth-order valence-corrected chi connectivity index (χ4v) is 2.13. The molecule has 4 nitrogen and oxygen atoms in total. The summed E-state index contributed by atoms with van der Waals surface area (Å²) >= 11 is 0. The van der Waals surface area contributed by atoms with Crippen LogP contribution in [0.1, 0.15) is 23.7 Å². The molecular formula is C13H16F2N2O2. The number of nitrogen functional groups attached to an aromatic ring is 1. The molecule has 1 fully saturated rings. The summed E-state index contributed by atoms with van der Waals surface area (Å²) in [6.07, 6.45) is 0.0177. The molecule has 2 rings (SSSR count). The molecule has 0 aromatic heterocycles. The highest BCUT2D eigenvalue weighted by Gasteiger charge is 2.29. The fraction of sp³-hybridized carbons (Fsp3) is 0.462. The number of benzene rings is 1. The predicted octanol–water partition coefficient (Wildman–Crippen LogP) is 1.39. The van der Waals surface area contributed by atoms with Crippen molar-refractivity contribution in [2.75, 3.05) is 18.8 Å². The summed E-state index contributed by atoms with van der Waals surface area (Å²) in [7, 11) is 0. The van der Waals surface area contributed by atoms with Crippen molar-refractivity contribution >= 4 is 11.6 Å². The van der Waals surface area contributed by atoms with Crippen molar-refractivity contribution in [3.05, 3.63) is 29.3 Å². The number of hydrogen-bond acceptors (Lipinski definition) is 3. The third-order valence-corrected chi connectivity index (χ3v) is 3.52. The normalized spacial score (nSPS) is 23.5. The zero-order valence-electron chi connectivity index (χ0n) is 10.6. The highest BCUT2D eigenvalue weighted by molar-refractivity contribution is 5.95. The minimum atomic E-state index is -0.940. The lowest BCUT2D eigenvalue weighted by molar-refractivity contribution is 0.0246. The number of carbonyl (C=O) groups is 1. The first-order chi connectivity index (χ1) is 8.90. The lowest BCUT2D eigenvalue weighted by Gasteiger charge is -2.34. The molecule has 2 atom stereocenters. The summed E-state index contributed by atoms with van der Waals surface area (Å²) in [5.41, 5.74) is 4.81. The molecule has 1 saturated heterocycles. The van der Waals surface area contributed by atoms with Crippen LogP contribution in [-0.2, 0) is 0 Å². The molecule has 2 unspecified atom stereocenters. The van der Waals surface area contributed by atoms with Crippen LogP contribution >= 0.6 is 0 Å². The van der Waals surface area contributed by atoms with Crippen LogP contribution < -0.4 is 5.73 Å². The smallest absolute Gasteiger partial charge is 0.256 e. The lowest BCUT2D eigenvalue weighted by Crippen LogP contribution is -2.46. The van der Waals surface area contributed by atoms with E-state index in [2.05, 4.69) is 0 Å². The Morgan fingerprint density at radius 1 is 1.42 bits per heavy atom. The maximum Gasteiger partial charge on any atom is 0.256 e. The Balaban J connectivity index is 2.23. The zero-order chi connectivity index (χ0) is 14.2. The van der Waals surface area contributed by atoms with Gasteiger partial charge in [-0.3, -0.25) is 4.79 Å². The first-order valence-corrected chi connectivity index (χ1v) is 6.12. The highest BCUT2D eigenvalue weighted by atomic mass is 19.1. The average Bonchev–Trinajstić information content (AvgIpc) is 2.36. The second kappa shape index (κ2) is 5.13. The van der Waals surface area contributed by atoms with E-state index in [0.29, 0.717) is 19.0 Å². The highest BCUT2D eigenvalue weighted by Crippen LogP contribution is 2.22. The summed E-state index contributed by atoms with van der Waals surface area (Å²) in [5, 5.41) is 9.74. The second-order valence-electron chi connectivity index (χ2n) is 4.94. The summed E-state index contributed by atoms with van der Waals surface area (Å²) in [5.74, 6) is -2.30. The van der Waals surface area contributed by atoms with E-state index in [0.717, 1.165) is 6.07 Å². The first kappa shape index (κ1) is 13.7. The van der Waals surface area contributed by atoms with Crippen LogP contribution in [-0.4, -0.2) is 35.1 Å². The molecule has 0 spiro atoms. The van der Waals surface area contributed by atoms with Crippen molar-refractivity contribution in [3.63, 3.8) is 0 Å². The van der Waals surface area contributed by atoms with Crippen molar-refractivity contribution in [1.29, 1.82) is 0 Å². The molecule has 3 N–H and O–H groups in total. The molecule has 1 aromatic carbocycles. The van der Waals surface area contributed by atoms with Crippen molar-refractivity contribution in [3.8, 4) is 0 Å². The van der Waals surface area contributed by atoms with Gasteiger partial charge in [0.15, 0.2) is 0 Å². The van der Waals surface area contributed by atoms with Gasteiger partial charge in [-0.2, -0.15) is 0 Å². The Labute approximate surface area is 109 Å². The molecule has 1 aliphatic rings. The van der Waals surface area contributed by atoms with Gasteiger partial charge in [0.25, 0.3) is 5.91 Å². The van der Waals surface area contributed by atoms with E-state index in [1.165, 1.54) is 4.90 Å². The Hall–Kier alpha value is -1.69. The molecule has 104 valence electrons. The van der Waals surface area contributed by atoms with E-state index < -0.39 is 23.6 Å². The summed E-state index contributed by atoms with van der Waals surface area (Å²) in [4.78, 5) is 13.5. The standard InChI is InChI=1S/C13H16F2N2O2/c1-7-2-3-17(6-12(7)18)13(19)8-4-11(16)10(15)5-9(8)14/h4-5,7,12,18H,2-3,6,16H2,1H3. The number of piperidine rings is 1. The van der Waals surface area contributed by atoms with Crippen LogP contribution in [0.25, 0.3) is 0 Å². The Bertz CT molecular complexity index is 508. The largest absolute Gasteiger partial charge is 0.396 e. The monoisotopic (exact) mass is 270 g/mol. The second-order valence-corrected chi connectivity index (χ2v) is 4.94. The number of likely N-dealkylation sites (tertiary alicyclic amines) is 1. The number of halogens is 2. The number of hydrogen-bond donors (Lipinski definition) is 2. The van der Waals surface area contributed by atoms with Crippen LogP contribution in [0.3, 0.4) is 0 Å². The Kier molecular flexibility index (Phi) is 3.71. The minimum absolute atomic E-state index is 0.104. The number of amides is 1. The number of anilines is 1. The van der Waals surface area contributed by atoms with Crippen LogP contribution in [0.5, 0.6) is 0 Å². The Morgan fingerprint density at radius 2 is 2.11 bits per heavy atom. The predicted molar refractivity (Wildman–Crippen MR) is 66.5 cm³/mol. The first-order valence-electron chi connectivity index (χ1n) is 6.12. The van der Waals surface area contributed by atoms with Gasteiger partial charge in [0.1, 0.15) is 11.6 Å². The van der Waals surface area contributed by atoms with Gasteiger partial charge in [-0.05, 0) is 18.4 Å². The van der Waals surface area contributed by atoms with E-state index in [9.17, 15) is 18.7 Å². The molecule has 19 heavy (non-hydrogen) atoms. The summed E-state index contributed by atoms with van der Waals surface area (Å²) in [6.45, 7) is 2.48. The number of rotatable bonds is 1. The van der Waals surface area contributed by atoms with Gasteiger partial charge < -0.3 is 15.7 Å². The number of nitrogens with two attached hydrogens (primary N) is 1. The zero-order valence-corrected chi connectivity index (χ0v) is 10.6. The number of aliphatic hydroxyl groups excluding tert-OH is 1. The molecule has 0 saturated carbocycles. The maximum absolute atomic E-state index is 13.6. The minimum Gasteiger partial charge on any atom is -0.396 e. The van der Waals surface area contributed by atoms with Crippen molar-refractivity contribution in [1.82, 2.24) is 4.90 Å². The van der Waals surface area contributed by atoms with Gasteiger partial charge in [0.05, 0.1) is 17.4 Å². The van der Waals surface area contributed by atoms with Crippen LogP contribution in [0.2, 0.25) is 0 Å². The molecular weight excluding hydrogens is 254 g/mol. The van der Waals surface area contributed by atoms with E-state index in [1.54, 1.807) is 0 Å². The molecule has 0 bridgehead atoms. The van der Waals surface area contributed by atoms with Crippen LogP contribution in [0.15, 0.2) is 12.1 Å². The van der Waals surface area contributed by atoms with E-state index in [1.807, 2.05) is 6.92 Å². The molecule has 1 amide bonds. The van der Waals surface area contributed by atoms with Crippen molar-refractivity contribution in [2.24, 2.45) is 5.92 Å². The third kappa shape index (κ3) is 2.68. The van der Waals surface area contributed by atoms with E-state index in [4.69, 9.17) is 5.73 Å². The number of β-amino-alcohol motifs (C(OH)–C–C–N with tert-alkyl or cyclic N) is 1. The van der Waals surface area contributed by atoms with E-state index >= 15 is 0 Å². The maximum atomic E-state index is 13.6. The number of aliphatic hydroxyl groups is 1. The van der Waals surface area contributed by atoms with E-state index in [-0.39, 0.29) is 23.7 Å².